The number of amides is 1. The number of hydrogen-bond acceptors (Lipinski definition) is 6. The van der Waals surface area contributed by atoms with Crippen LogP contribution in [0.3, 0.4) is 0 Å². The van der Waals surface area contributed by atoms with E-state index in [4.69, 9.17) is 11.5 Å². The zero-order chi connectivity index (χ0) is 20.7. The minimum absolute atomic E-state index is 0.160. The fourth-order valence-corrected chi connectivity index (χ4v) is 3.82. The Morgan fingerprint density at radius 3 is 2.90 bits per heavy atom. The molecule has 30 heavy (non-hydrogen) atoms. The summed E-state index contributed by atoms with van der Waals surface area (Å²) in [4.78, 5) is 23.9. The van der Waals surface area contributed by atoms with E-state index in [1.807, 2.05) is 29.1 Å². The number of hydrogen-bond donors (Lipinski definition) is 3. The molecule has 2 aromatic heterocycles. The van der Waals surface area contributed by atoms with E-state index < -0.39 is 0 Å². The molecular weight excluding hydrogens is 378 g/mol. The molecule has 0 saturated carbocycles. The van der Waals surface area contributed by atoms with Crippen molar-refractivity contribution in [3.8, 4) is 11.1 Å². The van der Waals surface area contributed by atoms with Gasteiger partial charge in [-0.3, -0.25) is 9.79 Å². The van der Waals surface area contributed by atoms with Crippen LogP contribution in [0.5, 0.6) is 0 Å². The summed E-state index contributed by atoms with van der Waals surface area (Å²) in [5.74, 6) is 0.479. The first-order valence-electron chi connectivity index (χ1n) is 9.47. The van der Waals surface area contributed by atoms with Crippen LogP contribution in [0.2, 0.25) is 0 Å². The van der Waals surface area contributed by atoms with Gasteiger partial charge in [0.15, 0.2) is 0 Å². The Morgan fingerprint density at radius 1 is 1.17 bits per heavy atom. The van der Waals surface area contributed by atoms with Gasteiger partial charge in [-0.2, -0.15) is 4.98 Å². The molecule has 5 N–H and O–H groups in total. The molecule has 2 aromatic carbocycles. The van der Waals surface area contributed by atoms with E-state index in [-0.39, 0.29) is 18.4 Å². The zero-order valence-electron chi connectivity index (χ0n) is 16.0. The molecule has 0 unspecified atom stereocenters. The number of anilines is 3. The summed E-state index contributed by atoms with van der Waals surface area (Å²) in [6, 6.07) is 14.1. The summed E-state index contributed by atoms with van der Waals surface area (Å²) in [5.41, 5.74) is 17.3. The molecular formula is C22H19N7O. The number of nitrogens with two attached hydrogens (primary N) is 2. The number of nitrogens with one attached hydrogen (secondary N) is 1. The van der Waals surface area contributed by atoms with E-state index in [2.05, 4.69) is 44.5 Å². The van der Waals surface area contributed by atoms with E-state index in [1.54, 1.807) is 12.3 Å². The predicted molar refractivity (Wildman–Crippen MR) is 118 cm³/mol. The smallest absolute Gasteiger partial charge is 0.237 e. The number of nitrogen functional groups attached to an aromatic ring is 1. The van der Waals surface area contributed by atoms with Crippen molar-refractivity contribution in [3.63, 3.8) is 0 Å². The van der Waals surface area contributed by atoms with Gasteiger partial charge in [0, 0.05) is 40.8 Å². The van der Waals surface area contributed by atoms with Gasteiger partial charge in [-0.05, 0) is 53.1 Å². The first-order chi connectivity index (χ1) is 14.6. The second-order valence-corrected chi connectivity index (χ2v) is 7.17. The molecule has 0 bridgehead atoms. The number of fused-ring (bicyclic) bond motifs is 2. The van der Waals surface area contributed by atoms with Crippen molar-refractivity contribution in [2.45, 2.75) is 13.1 Å². The summed E-state index contributed by atoms with van der Waals surface area (Å²) in [5, 5.41) is 4.34. The van der Waals surface area contributed by atoms with Crippen LogP contribution in [0.25, 0.3) is 22.0 Å². The molecule has 0 saturated heterocycles. The third kappa shape index (κ3) is 3.24. The standard InChI is InChI=1S/C22H19N7O/c23-20(30)12-29-6-4-14-7-13(1-2-19(14)29)17-9-16(8-15-10-25-11-18(15)17)27-21-3-5-26-22(24)28-21/h1-10H,11-12H2,(H2,23,30)(H3,24,26,27,28). The van der Waals surface area contributed by atoms with Crippen LogP contribution in [-0.2, 0) is 17.9 Å². The second kappa shape index (κ2) is 7.00. The third-order valence-corrected chi connectivity index (χ3v) is 5.12. The van der Waals surface area contributed by atoms with Crippen LogP contribution in [0.4, 0.5) is 17.5 Å². The molecule has 8 heteroatoms. The first-order valence-corrected chi connectivity index (χ1v) is 9.47. The highest BCUT2D eigenvalue weighted by molar-refractivity contribution is 5.94. The lowest BCUT2D eigenvalue weighted by Gasteiger charge is -2.13. The highest BCUT2D eigenvalue weighted by Crippen LogP contribution is 2.35. The average molecular weight is 397 g/mol. The Kier molecular flexibility index (Phi) is 4.17. The van der Waals surface area contributed by atoms with E-state index in [0.29, 0.717) is 12.4 Å². The van der Waals surface area contributed by atoms with E-state index in [0.717, 1.165) is 33.3 Å². The Bertz CT molecular complexity index is 1320. The van der Waals surface area contributed by atoms with Gasteiger partial charge in [-0.25, -0.2) is 4.98 Å². The summed E-state index contributed by atoms with van der Waals surface area (Å²) in [6.07, 6.45) is 5.38. The Hall–Kier alpha value is -4.20. The molecule has 0 atom stereocenters. The van der Waals surface area contributed by atoms with Crippen molar-refractivity contribution >= 4 is 40.5 Å². The highest BCUT2D eigenvalue weighted by Gasteiger charge is 2.16. The number of carbonyl (C=O) groups is 1. The molecule has 1 aliphatic rings. The monoisotopic (exact) mass is 397 g/mol. The number of aliphatic imine (C=N–C) groups is 1. The Labute approximate surface area is 172 Å². The molecule has 0 radical (unpaired) electrons. The SMILES string of the molecule is NC(=O)Cn1ccc2cc(-c3cc(Nc4ccnc(N)n4)cc4c3CN=C4)ccc21. The maximum absolute atomic E-state index is 11.3. The fraction of sp³-hybridized carbons (Fsp3) is 0.0909. The number of primary amides is 1. The summed E-state index contributed by atoms with van der Waals surface area (Å²) < 4.78 is 1.85. The van der Waals surface area contributed by atoms with Gasteiger partial charge in [0.2, 0.25) is 11.9 Å². The lowest BCUT2D eigenvalue weighted by atomic mass is 9.95. The zero-order valence-corrected chi connectivity index (χ0v) is 16.0. The number of nitrogens with zero attached hydrogens (tertiary/aromatic N) is 4. The fourth-order valence-electron chi connectivity index (χ4n) is 3.82. The highest BCUT2D eigenvalue weighted by atomic mass is 16.1. The van der Waals surface area contributed by atoms with Gasteiger partial charge >= 0.3 is 0 Å². The van der Waals surface area contributed by atoms with Crippen LogP contribution in [0.1, 0.15) is 11.1 Å². The van der Waals surface area contributed by atoms with Crippen molar-refractivity contribution in [2.24, 2.45) is 10.7 Å². The molecule has 4 aromatic rings. The van der Waals surface area contributed by atoms with Crippen molar-refractivity contribution in [1.82, 2.24) is 14.5 Å². The minimum atomic E-state index is -0.365. The third-order valence-electron chi connectivity index (χ3n) is 5.12. The maximum Gasteiger partial charge on any atom is 0.237 e. The molecule has 0 spiro atoms. The molecule has 1 aliphatic heterocycles. The molecule has 148 valence electrons. The molecule has 0 aliphatic carbocycles. The molecule has 1 amide bonds. The van der Waals surface area contributed by atoms with Crippen LogP contribution in [-0.4, -0.2) is 26.7 Å². The largest absolute Gasteiger partial charge is 0.368 e. The van der Waals surface area contributed by atoms with Gasteiger partial charge in [0.05, 0.1) is 6.54 Å². The van der Waals surface area contributed by atoms with Crippen LogP contribution < -0.4 is 16.8 Å². The van der Waals surface area contributed by atoms with Gasteiger partial charge in [-0.1, -0.05) is 6.07 Å². The van der Waals surface area contributed by atoms with Crippen molar-refractivity contribution in [1.29, 1.82) is 0 Å². The number of rotatable bonds is 5. The van der Waals surface area contributed by atoms with Crippen molar-refractivity contribution < 1.29 is 4.79 Å². The summed E-state index contributed by atoms with van der Waals surface area (Å²) >= 11 is 0. The van der Waals surface area contributed by atoms with E-state index in [1.165, 1.54) is 5.56 Å². The lowest BCUT2D eigenvalue weighted by Crippen LogP contribution is -2.17. The number of benzene rings is 2. The van der Waals surface area contributed by atoms with Crippen LogP contribution in [0, 0.1) is 0 Å². The number of carbonyl (C=O) groups excluding carboxylic acids is 1. The number of aromatic nitrogens is 3. The Morgan fingerprint density at radius 2 is 2.07 bits per heavy atom. The van der Waals surface area contributed by atoms with Crippen LogP contribution >= 0.6 is 0 Å². The lowest BCUT2D eigenvalue weighted by molar-refractivity contribution is -0.118. The normalized spacial score (nSPS) is 12.3. The van der Waals surface area contributed by atoms with Gasteiger partial charge in [0.25, 0.3) is 0 Å². The summed E-state index contributed by atoms with van der Waals surface area (Å²) in [7, 11) is 0. The quantitative estimate of drug-likeness (QED) is 0.478. The first kappa shape index (κ1) is 17.9. The van der Waals surface area contributed by atoms with Gasteiger partial charge < -0.3 is 21.4 Å². The summed E-state index contributed by atoms with van der Waals surface area (Å²) in [6.45, 7) is 0.805. The van der Waals surface area contributed by atoms with E-state index >= 15 is 0 Å². The van der Waals surface area contributed by atoms with Crippen molar-refractivity contribution in [2.75, 3.05) is 11.1 Å². The van der Waals surface area contributed by atoms with E-state index in [9.17, 15) is 4.79 Å². The molecule has 5 rings (SSSR count). The molecule has 0 fully saturated rings. The second-order valence-electron chi connectivity index (χ2n) is 7.17. The average Bonchev–Trinajstić information content (AvgIpc) is 3.34. The Balaban J connectivity index is 1.57. The topological polar surface area (TPSA) is 124 Å². The molecule has 3 heterocycles. The maximum atomic E-state index is 11.3. The van der Waals surface area contributed by atoms with Gasteiger partial charge in [0.1, 0.15) is 12.4 Å². The molecule has 8 nitrogen and oxygen atoms in total. The predicted octanol–water partition coefficient (Wildman–Crippen LogP) is 2.84. The van der Waals surface area contributed by atoms with Crippen LogP contribution in [0.15, 0.2) is 59.9 Å². The van der Waals surface area contributed by atoms with Gasteiger partial charge in [-0.15, -0.1) is 0 Å². The minimum Gasteiger partial charge on any atom is -0.368 e. The van der Waals surface area contributed by atoms with Crippen molar-refractivity contribution in [3.05, 3.63) is 66.0 Å².